The molecule has 0 aliphatic heterocycles. The lowest BCUT2D eigenvalue weighted by molar-refractivity contribution is 0.0796. The molecule has 3 aliphatic rings. The van der Waals surface area contributed by atoms with E-state index in [2.05, 4.69) is 16.0 Å². The number of hydrogen-bond donors (Lipinski definition) is 3. The van der Waals surface area contributed by atoms with E-state index in [0.29, 0.717) is 36.2 Å². The predicted molar refractivity (Wildman–Crippen MR) is 179 cm³/mol. The van der Waals surface area contributed by atoms with Crippen molar-refractivity contribution < 1.29 is 23.9 Å². The molecule has 2 unspecified atom stereocenters. The summed E-state index contributed by atoms with van der Waals surface area (Å²) >= 11 is 0. The third kappa shape index (κ3) is 7.90. The topological polar surface area (TPSA) is 106 Å². The van der Waals surface area contributed by atoms with Gasteiger partial charge >= 0.3 is 12.2 Å². The molecule has 0 bridgehead atoms. The maximum Gasteiger partial charge on any atom is 0.412 e. The van der Waals surface area contributed by atoms with Crippen molar-refractivity contribution in [1.29, 1.82) is 0 Å². The number of rotatable bonds is 8. The van der Waals surface area contributed by atoms with E-state index < -0.39 is 12.2 Å². The van der Waals surface area contributed by atoms with Crippen molar-refractivity contribution >= 4 is 23.8 Å². The van der Waals surface area contributed by atoms with E-state index in [9.17, 15) is 14.4 Å². The van der Waals surface area contributed by atoms with Crippen LogP contribution in [0.3, 0.4) is 0 Å². The molecule has 3 aromatic carbocycles. The highest BCUT2D eigenvalue weighted by molar-refractivity contribution is 6.02. The Morgan fingerprint density at radius 1 is 0.609 bits per heavy atom. The summed E-state index contributed by atoms with van der Waals surface area (Å²) in [7, 11) is 0. The average molecular weight is 624 g/mol. The Balaban J connectivity index is 0.986. The number of alkyl carbamates (subject to hydrolysis) is 1. The third-order valence-corrected chi connectivity index (χ3v) is 9.71. The molecule has 3 amide bonds. The fraction of sp³-hybridized carbons (Fsp3) is 0.447. The first kappa shape index (κ1) is 31.6. The number of carbonyl (C=O) groups is 3. The molecule has 0 spiro atoms. The highest BCUT2D eigenvalue weighted by Crippen LogP contribution is 2.45. The number of amides is 3. The Labute approximate surface area is 271 Å². The monoisotopic (exact) mass is 623 g/mol. The van der Waals surface area contributed by atoms with Crippen molar-refractivity contribution in [2.24, 2.45) is 11.8 Å². The molecule has 0 radical (unpaired) electrons. The number of para-hydroxylation sites is 1. The lowest BCUT2D eigenvalue weighted by Gasteiger charge is -2.29. The van der Waals surface area contributed by atoms with Crippen LogP contribution in [0, 0.1) is 11.8 Å². The zero-order valence-electron chi connectivity index (χ0n) is 26.5. The van der Waals surface area contributed by atoms with Gasteiger partial charge in [0.1, 0.15) is 6.10 Å². The molecule has 46 heavy (non-hydrogen) atoms. The second kappa shape index (κ2) is 15.3. The maximum absolute atomic E-state index is 13.3. The number of ether oxygens (including phenoxy) is 2. The molecule has 8 nitrogen and oxygen atoms in total. The SMILES string of the molecule is O=C(NCC1CCCC(CNC(=O)c2ccccc2NC(=O)OC2c3ccccc3-c3ccccc32)C1)OC1CCCCCCC1. The van der Waals surface area contributed by atoms with Gasteiger partial charge < -0.3 is 20.1 Å². The Kier molecular flexibility index (Phi) is 10.5. The maximum atomic E-state index is 13.3. The smallest absolute Gasteiger partial charge is 0.412 e. The zero-order valence-corrected chi connectivity index (χ0v) is 26.5. The second-order valence-electron chi connectivity index (χ2n) is 13.0. The Hall–Kier alpha value is -4.33. The first-order valence-electron chi connectivity index (χ1n) is 17.0. The molecule has 3 N–H and O–H groups in total. The van der Waals surface area contributed by atoms with Gasteiger partial charge in [0, 0.05) is 24.2 Å². The van der Waals surface area contributed by atoms with Crippen LogP contribution in [0.1, 0.15) is 98.2 Å². The molecule has 2 fully saturated rings. The van der Waals surface area contributed by atoms with Crippen LogP contribution in [0.25, 0.3) is 11.1 Å². The van der Waals surface area contributed by atoms with Gasteiger partial charge in [-0.2, -0.15) is 0 Å². The molecule has 0 heterocycles. The van der Waals surface area contributed by atoms with Gasteiger partial charge in [0.2, 0.25) is 0 Å². The van der Waals surface area contributed by atoms with E-state index in [0.717, 1.165) is 73.6 Å². The molecule has 3 aliphatic carbocycles. The van der Waals surface area contributed by atoms with Crippen LogP contribution in [-0.2, 0) is 9.47 Å². The molecule has 242 valence electrons. The summed E-state index contributed by atoms with van der Waals surface area (Å²) in [5.74, 6) is 0.435. The molecule has 2 saturated carbocycles. The lowest BCUT2D eigenvalue weighted by Crippen LogP contribution is -2.37. The lowest BCUT2D eigenvalue weighted by atomic mass is 9.81. The van der Waals surface area contributed by atoms with Crippen LogP contribution in [0.4, 0.5) is 15.3 Å². The molecule has 0 saturated heterocycles. The van der Waals surface area contributed by atoms with E-state index in [1.54, 1.807) is 24.3 Å². The molecule has 6 rings (SSSR count). The summed E-state index contributed by atoms with van der Waals surface area (Å²) in [5.41, 5.74) is 4.79. The van der Waals surface area contributed by atoms with Crippen molar-refractivity contribution in [3.05, 3.63) is 89.5 Å². The van der Waals surface area contributed by atoms with E-state index in [1.165, 1.54) is 19.3 Å². The van der Waals surface area contributed by atoms with Crippen LogP contribution in [-0.4, -0.2) is 37.3 Å². The van der Waals surface area contributed by atoms with Gasteiger partial charge in [0.15, 0.2) is 6.10 Å². The number of carbonyl (C=O) groups excluding carboxylic acids is 3. The molecular weight excluding hydrogens is 578 g/mol. The van der Waals surface area contributed by atoms with Crippen molar-refractivity contribution in [3.8, 4) is 11.1 Å². The minimum absolute atomic E-state index is 0.0324. The van der Waals surface area contributed by atoms with Gasteiger partial charge in [-0.1, -0.05) is 86.3 Å². The summed E-state index contributed by atoms with van der Waals surface area (Å²) in [5, 5.41) is 8.91. The number of anilines is 1. The number of benzene rings is 3. The van der Waals surface area contributed by atoms with Gasteiger partial charge in [-0.15, -0.1) is 0 Å². The van der Waals surface area contributed by atoms with Gasteiger partial charge in [0.05, 0.1) is 11.3 Å². The van der Waals surface area contributed by atoms with E-state index in [1.807, 2.05) is 48.5 Å². The second-order valence-corrected chi connectivity index (χ2v) is 13.0. The largest absolute Gasteiger partial charge is 0.446 e. The van der Waals surface area contributed by atoms with Gasteiger partial charge in [-0.3, -0.25) is 10.1 Å². The van der Waals surface area contributed by atoms with Gasteiger partial charge in [0.25, 0.3) is 5.91 Å². The summed E-state index contributed by atoms with van der Waals surface area (Å²) in [4.78, 5) is 39.0. The third-order valence-electron chi connectivity index (χ3n) is 9.71. The van der Waals surface area contributed by atoms with E-state index in [-0.39, 0.29) is 18.1 Å². The first-order valence-corrected chi connectivity index (χ1v) is 17.0. The average Bonchev–Trinajstić information content (AvgIpc) is 3.37. The fourth-order valence-corrected chi connectivity index (χ4v) is 7.34. The highest BCUT2D eigenvalue weighted by atomic mass is 16.6. The summed E-state index contributed by atoms with van der Waals surface area (Å²) in [6.45, 7) is 1.14. The standard InChI is InChI=1S/C38H45N3O5/c42-36(39-24-26-13-12-14-27(23-26)25-40-37(43)45-28-15-4-2-1-3-5-16-28)33-21-10-11-22-34(33)41-38(44)46-35-31-19-8-6-17-29(31)30-18-7-9-20-32(30)35/h6-11,17-22,26-28,35H,1-5,12-16,23-25H2,(H,39,42)(H,40,43)(H,41,44). The first-order chi connectivity index (χ1) is 22.5. The predicted octanol–water partition coefficient (Wildman–Crippen LogP) is 8.38. The molecule has 8 heteroatoms. The molecule has 3 aromatic rings. The Bertz CT molecular complexity index is 1470. The zero-order chi connectivity index (χ0) is 31.7. The van der Waals surface area contributed by atoms with Crippen LogP contribution >= 0.6 is 0 Å². The highest BCUT2D eigenvalue weighted by Gasteiger charge is 2.31. The van der Waals surface area contributed by atoms with Crippen LogP contribution in [0.5, 0.6) is 0 Å². The molecule has 2 atom stereocenters. The number of hydrogen-bond acceptors (Lipinski definition) is 5. The number of nitrogens with one attached hydrogen (secondary N) is 3. The summed E-state index contributed by atoms with van der Waals surface area (Å²) < 4.78 is 11.7. The van der Waals surface area contributed by atoms with Gasteiger partial charge in [-0.25, -0.2) is 9.59 Å². The van der Waals surface area contributed by atoms with Gasteiger partial charge in [-0.05, 0) is 80.0 Å². The van der Waals surface area contributed by atoms with Crippen LogP contribution in [0.2, 0.25) is 0 Å². The minimum Gasteiger partial charge on any atom is -0.446 e. The fourth-order valence-electron chi connectivity index (χ4n) is 7.34. The molecular formula is C38H45N3O5. The number of fused-ring (bicyclic) bond motifs is 3. The van der Waals surface area contributed by atoms with Crippen molar-refractivity contribution in [1.82, 2.24) is 10.6 Å². The quantitative estimate of drug-likeness (QED) is 0.234. The summed E-state index contributed by atoms with van der Waals surface area (Å²) in [6, 6.07) is 22.9. The van der Waals surface area contributed by atoms with E-state index in [4.69, 9.17) is 9.47 Å². The normalized spacial score (nSPS) is 19.9. The molecule has 0 aromatic heterocycles. The summed E-state index contributed by atoms with van der Waals surface area (Å²) in [6.07, 6.45) is 10.6. The Morgan fingerprint density at radius 3 is 1.89 bits per heavy atom. The van der Waals surface area contributed by atoms with Crippen molar-refractivity contribution in [2.75, 3.05) is 18.4 Å². The van der Waals surface area contributed by atoms with Crippen molar-refractivity contribution in [3.63, 3.8) is 0 Å². The van der Waals surface area contributed by atoms with E-state index >= 15 is 0 Å². The van der Waals surface area contributed by atoms with Crippen LogP contribution in [0.15, 0.2) is 72.8 Å². The minimum atomic E-state index is -0.618. The van der Waals surface area contributed by atoms with Crippen molar-refractivity contribution in [2.45, 2.75) is 82.8 Å². The Morgan fingerprint density at radius 2 is 1.20 bits per heavy atom. The van der Waals surface area contributed by atoms with Crippen LogP contribution < -0.4 is 16.0 Å².